The summed E-state index contributed by atoms with van der Waals surface area (Å²) >= 11 is 0. The van der Waals surface area contributed by atoms with Gasteiger partial charge < -0.3 is 14.6 Å². The summed E-state index contributed by atoms with van der Waals surface area (Å²) in [6.07, 6.45) is -0.0513. The van der Waals surface area contributed by atoms with E-state index in [0.717, 1.165) is 11.1 Å². The van der Waals surface area contributed by atoms with Crippen LogP contribution in [0.5, 0.6) is 11.5 Å². The Morgan fingerprint density at radius 1 is 0.971 bits per heavy atom. The van der Waals surface area contributed by atoms with Crippen molar-refractivity contribution in [1.29, 1.82) is 0 Å². The second-order valence-electron chi connectivity index (χ2n) is 8.65. The Hall–Kier alpha value is -4.06. The fourth-order valence-corrected chi connectivity index (χ4v) is 4.30. The highest BCUT2D eigenvalue weighted by Crippen LogP contribution is 2.43. The van der Waals surface area contributed by atoms with Gasteiger partial charge in [0.25, 0.3) is 11.7 Å². The zero-order chi connectivity index (χ0) is 25.1. The first kappa shape index (κ1) is 24.1. The molecule has 4 rings (SSSR count). The number of amides is 1. The van der Waals surface area contributed by atoms with E-state index in [9.17, 15) is 14.7 Å². The minimum absolute atomic E-state index is 0.0416. The van der Waals surface area contributed by atoms with E-state index < -0.39 is 17.7 Å². The van der Waals surface area contributed by atoms with Gasteiger partial charge in [0.15, 0.2) is 0 Å². The number of rotatable bonds is 7. The van der Waals surface area contributed by atoms with Crippen molar-refractivity contribution in [1.82, 2.24) is 0 Å². The molecule has 180 valence electrons. The minimum Gasteiger partial charge on any atom is -0.507 e. The first-order valence-corrected chi connectivity index (χ1v) is 11.7. The lowest BCUT2D eigenvalue weighted by Gasteiger charge is -2.26. The van der Waals surface area contributed by atoms with E-state index in [-0.39, 0.29) is 17.4 Å². The summed E-state index contributed by atoms with van der Waals surface area (Å²) < 4.78 is 11.3. The molecule has 0 saturated carbocycles. The molecule has 0 aromatic heterocycles. The van der Waals surface area contributed by atoms with Crippen LogP contribution in [0.15, 0.2) is 78.4 Å². The molecular formula is C29H29NO5. The molecule has 1 unspecified atom stereocenters. The van der Waals surface area contributed by atoms with Crippen LogP contribution >= 0.6 is 0 Å². The zero-order valence-corrected chi connectivity index (χ0v) is 20.3. The number of carbonyl (C=O) groups excluding carboxylic acids is 2. The normalized spacial score (nSPS) is 17.2. The van der Waals surface area contributed by atoms with Crippen LogP contribution in [-0.2, 0) is 9.59 Å². The molecule has 0 spiro atoms. The van der Waals surface area contributed by atoms with Crippen molar-refractivity contribution < 1.29 is 24.2 Å². The molecule has 0 radical (unpaired) electrons. The quantitative estimate of drug-likeness (QED) is 0.267. The van der Waals surface area contributed by atoms with E-state index in [0.29, 0.717) is 29.4 Å². The number of ether oxygens (including phenoxy) is 2. The number of aliphatic hydroxyl groups is 1. The predicted molar refractivity (Wildman–Crippen MR) is 136 cm³/mol. The largest absolute Gasteiger partial charge is 0.507 e. The van der Waals surface area contributed by atoms with Gasteiger partial charge in [-0.25, -0.2) is 0 Å². The zero-order valence-electron chi connectivity index (χ0n) is 20.3. The number of nitrogens with zero attached hydrogens (tertiary/aromatic N) is 1. The summed E-state index contributed by atoms with van der Waals surface area (Å²) in [5, 5.41) is 11.4. The van der Waals surface area contributed by atoms with Crippen molar-refractivity contribution in [3.63, 3.8) is 0 Å². The summed E-state index contributed by atoms with van der Waals surface area (Å²) in [5.74, 6) is -0.433. The molecule has 3 aromatic carbocycles. The predicted octanol–water partition coefficient (Wildman–Crippen LogP) is 5.81. The molecule has 0 aliphatic carbocycles. The van der Waals surface area contributed by atoms with Gasteiger partial charge in [0.05, 0.1) is 24.3 Å². The summed E-state index contributed by atoms with van der Waals surface area (Å²) in [5.41, 5.74) is 2.65. The van der Waals surface area contributed by atoms with E-state index in [1.165, 1.54) is 4.90 Å². The van der Waals surface area contributed by atoms with Crippen molar-refractivity contribution >= 4 is 23.1 Å². The molecule has 6 nitrogen and oxygen atoms in total. The van der Waals surface area contributed by atoms with Crippen molar-refractivity contribution in [2.45, 2.75) is 39.8 Å². The molecule has 0 bridgehead atoms. The summed E-state index contributed by atoms with van der Waals surface area (Å²) in [7, 11) is 0. The van der Waals surface area contributed by atoms with Crippen LogP contribution in [0.25, 0.3) is 5.76 Å². The number of hydrogen-bond acceptors (Lipinski definition) is 5. The van der Waals surface area contributed by atoms with E-state index in [1.807, 2.05) is 52.0 Å². The maximum absolute atomic E-state index is 13.4. The molecule has 3 aromatic rings. The minimum atomic E-state index is -0.788. The molecule has 1 amide bonds. The van der Waals surface area contributed by atoms with Crippen LogP contribution in [0.4, 0.5) is 5.69 Å². The summed E-state index contributed by atoms with van der Waals surface area (Å²) in [6, 6.07) is 20.7. The summed E-state index contributed by atoms with van der Waals surface area (Å²) in [4.78, 5) is 28.2. The highest BCUT2D eigenvalue weighted by atomic mass is 16.5. The lowest BCUT2D eigenvalue weighted by Crippen LogP contribution is -2.29. The maximum Gasteiger partial charge on any atom is 0.300 e. The third kappa shape index (κ3) is 4.78. The maximum atomic E-state index is 13.4. The average molecular weight is 472 g/mol. The average Bonchev–Trinajstić information content (AvgIpc) is 3.09. The number of carbonyl (C=O) groups is 2. The second-order valence-corrected chi connectivity index (χ2v) is 8.65. The smallest absolute Gasteiger partial charge is 0.300 e. The lowest BCUT2D eigenvalue weighted by atomic mass is 9.92. The van der Waals surface area contributed by atoms with Crippen LogP contribution in [0.2, 0.25) is 0 Å². The highest BCUT2D eigenvalue weighted by molar-refractivity contribution is 6.51. The fraction of sp³-hybridized carbons (Fsp3) is 0.241. The van der Waals surface area contributed by atoms with Crippen molar-refractivity contribution in [3.05, 3.63) is 95.1 Å². The number of benzene rings is 3. The number of aliphatic hydroxyl groups excluding tert-OH is 1. The standard InChI is InChI=1S/C29H29NO5/c1-5-34-22-15-13-21(14-16-22)30-26(24-12-7-6-9-19(24)4)25(28(32)29(30)33)27(31)20-10-8-11-23(17-20)35-18(2)3/h6-18,26,31H,5H2,1-4H3/b27-25+. The van der Waals surface area contributed by atoms with Gasteiger partial charge in [0.1, 0.15) is 17.3 Å². The highest BCUT2D eigenvalue weighted by Gasteiger charge is 2.47. The Morgan fingerprint density at radius 2 is 1.69 bits per heavy atom. The van der Waals surface area contributed by atoms with Gasteiger partial charge in [-0.1, -0.05) is 36.4 Å². The van der Waals surface area contributed by atoms with E-state index in [4.69, 9.17) is 9.47 Å². The Morgan fingerprint density at radius 3 is 2.34 bits per heavy atom. The van der Waals surface area contributed by atoms with E-state index in [2.05, 4.69) is 0 Å². The Kier molecular flexibility index (Phi) is 6.92. The molecule has 1 saturated heterocycles. The van der Waals surface area contributed by atoms with Gasteiger partial charge in [0.2, 0.25) is 0 Å². The van der Waals surface area contributed by atoms with Gasteiger partial charge in [-0.2, -0.15) is 0 Å². The first-order chi connectivity index (χ1) is 16.8. The number of aryl methyl sites for hydroxylation is 1. The van der Waals surface area contributed by atoms with Crippen LogP contribution in [0.1, 0.15) is 43.5 Å². The first-order valence-electron chi connectivity index (χ1n) is 11.7. The third-order valence-electron chi connectivity index (χ3n) is 5.83. The Labute approximate surface area is 205 Å². The van der Waals surface area contributed by atoms with Crippen molar-refractivity contribution in [2.75, 3.05) is 11.5 Å². The molecule has 35 heavy (non-hydrogen) atoms. The van der Waals surface area contributed by atoms with Crippen LogP contribution < -0.4 is 14.4 Å². The van der Waals surface area contributed by atoms with Gasteiger partial charge in [-0.05, 0) is 75.2 Å². The van der Waals surface area contributed by atoms with E-state index >= 15 is 0 Å². The lowest BCUT2D eigenvalue weighted by molar-refractivity contribution is -0.132. The van der Waals surface area contributed by atoms with Gasteiger partial charge in [-0.3, -0.25) is 14.5 Å². The number of Topliss-reactive ketones (excluding diaryl/α,β-unsaturated/α-hetero) is 1. The molecule has 6 heteroatoms. The SMILES string of the molecule is CCOc1ccc(N2C(=O)C(=O)/C(=C(/O)c3cccc(OC(C)C)c3)C2c2ccccc2C)cc1. The molecule has 1 fully saturated rings. The number of ketones is 1. The monoisotopic (exact) mass is 471 g/mol. The molecular weight excluding hydrogens is 442 g/mol. The Bertz CT molecular complexity index is 1280. The van der Waals surface area contributed by atoms with Gasteiger partial charge in [-0.15, -0.1) is 0 Å². The topological polar surface area (TPSA) is 76.1 Å². The summed E-state index contributed by atoms with van der Waals surface area (Å²) in [6.45, 7) is 8.16. The third-order valence-corrected chi connectivity index (χ3v) is 5.83. The molecule has 1 atom stereocenters. The van der Waals surface area contributed by atoms with E-state index in [1.54, 1.807) is 48.5 Å². The van der Waals surface area contributed by atoms with Crippen molar-refractivity contribution in [3.8, 4) is 11.5 Å². The molecule has 1 N–H and O–H groups in total. The molecule has 1 aliphatic rings. The second kappa shape index (κ2) is 10.1. The van der Waals surface area contributed by atoms with Gasteiger partial charge >= 0.3 is 0 Å². The number of hydrogen-bond donors (Lipinski definition) is 1. The van der Waals surface area contributed by atoms with Crippen LogP contribution in [0, 0.1) is 6.92 Å². The van der Waals surface area contributed by atoms with Crippen molar-refractivity contribution in [2.24, 2.45) is 0 Å². The number of anilines is 1. The fourth-order valence-electron chi connectivity index (χ4n) is 4.30. The van der Waals surface area contributed by atoms with Crippen LogP contribution in [0.3, 0.4) is 0 Å². The molecule has 1 heterocycles. The van der Waals surface area contributed by atoms with Crippen LogP contribution in [-0.4, -0.2) is 29.5 Å². The Balaban J connectivity index is 1.88. The molecule has 1 aliphatic heterocycles. The van der Waals surface area contributed by atoms with Gasteiger partial charge in [0, 0.05) is 11.3 Å².